The summed E-state index contributed by atoms with van der Waals surface area (Å²) in [5.41, 5.74) is -1.76. The van der Waals surface area contributed by atoms with E-state index in [-0.39, 0.29) is 28.2 Å². The molecule has 3 rings (SSSR count). The number of imidazole rings is 1. The molecule has 3 aromatic rings. The third-order valence-electron chi connectivity index (χ3n) is 4.81. The Kier molecular flexibility index (Phi) is 5.89. The molecule has 0 amide bonds. The highest BCUT2D eigenvalue weighted by atomic mass is 32.2. The number of aryl methyl sites for hydroxylation is 1. The minimum Gasteiger partial charge on any atom is -0.324 e. The Morgan fingerprint density at radius 1 is 1.12 bits per heavy atom. The number of hydrogen-bond donors (Lipinski definition) is 1. The molecule has 0 saturated heterocycles. The fourth-order valence-corrected chi connectivity index (χ4v) is 4.00. The molecule has 0 spiro atoms. The molecule has 0 bridgehead atoms. The van der Waals surface area contributed by atoms with E-state index < -0.39 is 44.4 Å². The lowest BCUT2D eigenvalue weighted by Gasteiger charge is -2.22. The van der Waals surface area contributed by atoms with E-state index in [0.29, 0.717) is 11.0 Å². The van der Waals surface area contributed by atoms with Gasteiger partial charge in [0.1, 0.15) is 11.4 Å². The molecule has 0 aliphatic rings. The first-order valence-corrected chi connectivity index (χ1v) is 10.8. The van der Waals surface area contributed by atoms with Crippen LogP contribution in [0.15, 0.2) is 29.4 Å². The van der Waals surface area contributed by atoms with Crippen LogP contribution >= 0.6 is 0 Å². The lowest BCUT2D eigenvalue weighted by atomic mass is 10.3. The zero-order valence-electron chi connectivity index (χ0n) is 17.2. The SMILES string of the molecule is CCS(=O)(=O)c1cc(N(C)C(=N)C(F)(F)F)cnc1-c1nc2cc(C(F)(F)F)ncc2n1C. The summed E-state index contributed by atoms with van der Waals surface area (Å²) in [5.74, 6) is -2.31. The monoisotopic (exact) mass is 494 g/mol. The van der Waals surface area contributed by atoms with Crippen LogP contribution in [-0.4, -0.2) is 52.7 Å². The molecule has 3 heterocycles. The molecule has 0 saturated carbocycles. The topological polar surface area (TPSA) is 105 Å². The highest BCUT2D eigenvalue weighted by Crippen LogP contribution is 2.34. The average Bonchev–Trinajstić information content (AvgIpc) is 3.06. The number of anilines is 1. The highest BCUT2D eigenvalue weighted by Gasteiger charge is 2.38. The summed E-state index contributed by atoms with van der Waals surface area (Å²) in [6.45, 7) is 1.31. The fraction of sp³-hybridized carbons (Fsp3) is 0.333. The Balaban J connectivity index is 2.24. The standard InChI is InChI=1S/C18H16F6N6O2S/c1-4-33(31,32)12-5-9(29(2)16(25)18(22,23)24)7-27-14(12)15-28-10-6-13(17(19,20)21)26-8-11(10)30(15)3/h5-8,25H,4H2,1-3H3. The van der Waals surface area contributed by atoms with Crippen LogP contribution in [0.25, 0.3) is 22.6 Å². The van der Waals surface area contributed by atoms with Gasteiger partial charge in [-0.05, 0) is 12.1 Å². The largest absolute Gasteiger partial charge is 0.449 e. The summed E-state index contributed by atoms with van der Waals surface area (Å²) < 4.78 is 104. The maximum absolute atomic E-state index is 13.0. The number of rotatable bonds is 4. The lowest BCUT2D eigenvalue weighted by Crippen LogP contribution is -2.38. The Bertz CT molecular complexity index is 1350. The van der Waals surface area contributed by atoms with Gasteiger partial charge in [0.2, 0.25) is 5.84 Å². The summed E-state index contributed by atoms with van der Waals surface area (Å²) in [6.07, 6.45) is -7.87. The van der Waals surface area contributed by atoms with E-state index in [4.69, 9.17) is 5.41 Å². The van der Waals surface area contributed by atoms with Gasteiger partial charge < -0.3 is 9.47 Å². The number of nitrogens with one attached hydrogen (secondary N) is 1. The van der Waals surface area contributed by atoms with E-state index in [9.17, 15) is 34.8 Å². The number of aromatic nitrogens is 4. The zero-order chi connectivity index (χ0) is 24.9. The minimum atomic E-state index is -4.99. The van der Waals surface area contributed by atoms with Gasteiger partial charge in [0.15, 0.2) is 15.7 Å². The molecule has 0 unspecified atom stereocenters. The van der Waals surface area contributed by atoms with Gasteiger partial charge >= 0.3 is 12.4 Å². The molecule has 0 fully saturated rings. The first-order valence-electron chi connectivity index (χ1n) is 9.10. The molecule has 0 atom stereocenters. The van der Waals surface area contributed by atoms with Crippen molar-refractivity contribution in [2.45, 2.75) is 24.2 Å². The molecule has 178 valence electrons. The molecule has 33 heavy (non-hydrogen) atoms. The summed E-state index contributed by atoms with van der Waals surface area (Å²) in [5, 5.41) is 7.26. The molecule has 0 aliphatic heterocycles. The molecule has 0 radical (unpaired) electrons. The van der Waals surface area contributed by atoms with Crippen molar-refractivity contribution in [2.75, 3.05) is 17.7 Å². The zero-order valence-corrected chi connectivity index (χ0v) is 18.1. The second kappa shape index (κ2) is 7.97. The summed E-state index contributed by atoms with van der Waals surface area (Å²) in [7, 11) is -1.74. The summed E-state index contributed by atoms with van der Waals surface area (Å²) in [6, 6.07) is 1.61. The molecule has 15 heteroatoms. The van der Waals surface area contributed by atoms with Crippen LogP contribution < -0.4 is 4.90 Å². The van der Waals surface area contributed by atoms with Crippen LogP contribution in [0.3, 0.4) is 0 Å². The van der Waals surface area contributed by atoms with Crippen molar-refractivity contribution >= 4 is 32.4 Å². The van der Waals surface area contributed by atoms with Crippen molar-refractivity contribution in [3.63, 3.8) is 0 Å². The van der Waals surface area contributed by atoms with Crippen LogP contribution in [0.5, 0.6) is 0 Å². The summed E-state index contributed by atoms with van der Waals surface area (Å²) in [4.78, 5) is 11.3. The maximum Gasteiger partial charge on any atom is 0.449 e. The van der Waals surface area contributed by atoms with Gasteiger partial charge in [0, 0.05) is 14.1 Å². The van der Waals surface area contributed by atoms with Crippen molar-refractivity contribution in [2.24, 2.45) is 7.05 Å². The molecule has 0 aliphatic carbocycles. The first-order chi connectivity index (χ1) is 15.1. The van der Waals surface area contributed by atoms with Crippen LogP contribution in [0.1, 0.15) is 12.6 Å². The van der Waals surface area contributed by atoms with Crippen LogP contribution in [0.2, 0.25) is 0 Å². The average molecular weight is 494 g/mol. The number of amidine groups is 1. The molecule has 0 aromatic carbocycles. The number of alkyl halides is 6. The van der Waals surface area contributed by atoms with Gasteiger partial charge in [0.25, 0.3) is 0 Å². The van der Waals surface area contributed by atoms with Crippen LogP contribution in [0, 0.1) is 5.41 Å². The summed E-state index contributed by atoms with van der Waals surface area (Å²) >= 11 is 0. The highest BCUT2D eigenvalue weighted by molar-refractivity contribution is 7.91. The number of hydrogen-bond acceptors (Lipinski definition) is 6. The van der Waals surface area contributed by atoms with Gasteiger partial charge in [-0.2, -0.15) is 26.3 Å². The maximum atomic E-state index is 13.0. The third kappa shape index (κ3) is 4.49. The number of fused-ring (bicyclic) bond motifs is 1. The predicted octanol–water partition coefficient (Wildman–Crippen LogP) is 3.82. The van der Waals surface area contributed by atoms with Crippen molar-refractivity contribution in [1.82, 2.24) is 19.5 Å². The Morgan fingerprint density at radius 2 is 1.76 bits per heavy atom. The Morgan fingerprint density at radius 3 is 2.30 bits per heavy atom. The third-order valence-corrected chi connectivity index (χ3v) is 6.56. The van der Waals surface area contributed by atoms with Crippen LogP contribution in [0.4, 0.5) is 32.0 Å². The van der Waals surface area contributed by atoms with E-state index >= 15 is 0 Å². The fourth-order valence-electron chi connectivity index (χ4n) is 2.95. The Labute approximate surface area is 183 Å². The smallest absolute Gasteiger partial charge is 0.324 e. The first kappa shape index (κ1) is 24.4. The second-order valence-electron chi connectivity index (χ2n) is 6.90. The second-order valence-corrected chi connectivity index (χ2v) is 9.15. The van der Waals surface area contributed by atoms with Crippen molar-refractivity contribution in [3.05, 3.63) is 30.2 Å². The van der Waals surface area contributed by atoms with Gasteiger partial charge in [-0.25, -0.2) is 23.4 Å². The van der Waals surface area contributed by atoms with E-state index in [0.717, 1.165) is 25.5 Å². The molecule has 8 nitrogen and oxygen atoms in total. The van der Waals surface area contributed by atoms with Crippen molar-refractivity contribution in [1.29, 1.82) is 5.41 Å². The van der Waals surface area contributed by atoms with Crippen molar-refractivity contribution in [3.8, 4) is 11.5 Å². The van der Waals surface area contributed by atoms with Gasteiger partial charge in [0.05, 0.1) is 39.8 Å². The van der Waals surface area contributed by atoms with E-state index in [1.54, 1.807) is 0 Å². The van der Waals surface area contributed by atoms with Crippen LogP contribution in [-0.2, 0) is 23.1 Å². The van der Waals surface area contributed by atoms with E-state index in [1.807, 2.05) is 0 Å². The van der Waals surface area contributed by atoms with E-state index in [1.165, 1.54) is 18.5 Å². The van der Waals surface area contributed by atoms with Gasteiger partial charge in [-0.3, -0.25) is 5.41 Å². The number of sulfone groups is 1. The molecular weight excluding hydrogens is 478 g/mol. The number of pyridine rings is 2. The number of nitrogens with zero attached hydrogens (tertiary/aromatic N) is 5. The van der Waals surface area contributed by atoms with Gasteiger partial charge in [-0.15, -0.1) is 0 Å². The molecule has 1 N–H and O–H groups in total. The molecule has 3 aromatic heterocycles. The van der Waals surface area contributed by atoms with Gasteiger partial charge in [-0.1, -0.05) is 6.92 Å². The minimum absolute atomic E-state index is 0.127. The van der Waals surface area contributed by atoms with E-state index in [2.05, 4.69) is 15.0 Å². The van der Waals surface area contributed by atoms with Crippen molar-refractivity contribution < 1.29 is 34.8 Å². The lowest BCUT2D eigenvalue weighted by molar-refractivity contribution is -0.141. The molecular formula is C18H16F6N6O2S. The Hall–Kier alpha value is -3.23. The quantitative estimate of drug-likeness (QED) is 0.336. The predicted molar refractivity (Wildman–Crippen MR) is 107 cm³/mol. The number of halogens is 6. The normalized spacial score (nSPS) is 12.9.